The van der Waals surface area contributed by atoms with Crippen LogP contribution in [0.2, 0.25) is 5.02 Å². The zero-order valence-electron chi connectivity index (χ0n) is 20.6. The minimum absolute atomic E-state index is 0.455. The van der Waals surface area contributed by atoms with Gasteiger partial charge in [0.2, 0.25) is 5.88 Å². The van der Waals surface area contributed by atoms with Crippen LogP contribution >= 0.6 is 11.6 Å². The number of aliphatic hydroxyl groups excluding tert-OH is 1. The SMILES string of the molecule is Cn1nc(-c2ccccc2)c(CN(CC2CC2)C[C@H](O)Cc2ccccc2)c1Oc1ccc(Cl)cc1. The topological polar surface area (TPSA) is 50.5 Å². The molecule has 1 fully saturated rings. The predicted molar refractivity (Wildman–Crippen MR) is 144 cm³/mol. The Morgan fingerprint density at radius 2 is 1.67 bits per heavy atom. The average molecular weight is 502 g/mol. The molecule has 1 aliphatic rings. The molecule has 0 bridgehead atoms. The predicted octanol–water partition coefficient (Wildman–Crippen LogP) is 6.35. The van der Waals surface area contributed by atoms with Crippen molar-refractivity contribution in [2.24, 2.45) is 13.0 Å². The summed E-state index contributed by atoms with van der Waals surface area (Å²) in [5, 5.41) is 16.5. The molecule has 4 aromatic rings. The Labute approximate surface area is 217 Å². The number of halogens is 1. The largest absolute Gasteiger partial charge is 0.439 e. The van der Waals surface area contributed by atoms with E-state index < -0.39 is 6.10 Å². The van der Waals surface area contributed by atoms with E-state index in [0.29, 0.717) is 42.1 Å². The quantitative estimate of drug-likeness (QED) is 0.260. The molecule has 5 nitrogen and oxygen atoms in total. The molecule has 0 amide bonds. The van der Waals surface area contributed by atoms with E-state index in [4.69, 9.17) is 21.4 Å². The third kappa shape index (κ3) is 6.35. The summed E-state index contributed by atoms with van der Waals surface area (Å²) >= 11 is 6.09. The van der Waals surface area contributed by atoms with Gasteiger partial charge in [-0.15, -0.1) is 0 Å². The molecule has 1 atom stereocenters. The lowest BCUT2D eigenvalue weighted by Gasteiger charge is -2.26. The number of nitrogens with zero attached hydrogens (tertiary/aromatic N) is 3. The third-order valence-electron chi connectivity index (χ3n) is 6.54. The van der Waals surface area contributed by atoms with Gasteiger partial charge < -0.3 is 9.84 Å². The summed E-state index contributed by atoms with van der Waals surface area (Å²) in [4.78, 5) is 2.36. The van der Waals surface area contributed by atoms with E-state index in [9.17, 15) is 5.11 Å². The molecule has 0 saturated heterocycles. The average Bonchev–Trinajstić information content (AvgIpc) is 3.65. The van der Waals surface area contributed by atoms with Crippen molar-refractivity contribution in [3.05, 3.63) is 101 Å². The number of hydrogen-bond acceptors (Lipinski definition) is 4. The van der Waals surface area contributed by atoms with Gasteiger partial charge >= 0.3 is 0 Å². The Hall–Kier alpha value is -3.12. The number of aromatic nitrogens is 2. The standard InChI is InChI=1S/C30H32ClN3O2/c1-33-30(36-27-16-14-25(31)15-17-27)28(29(32-33)24-10-6-3-7-11-24)21-34(19-23-12-13-23)20-26(35)18-22-8-4-2-5-9-22/h2-11,14-17,23,26,35H,12-13,18-21H2,1H3/t26-/m1/s1. The first-order valence-corrected chi connectivity index (χ1v) is 12.9. The fourth-order valence-corrected chi connectivity index (χ4v) is 4.73. The molecular weight excluding hydrogens is 470 g/mol. The molecule has 0 spiro atoms. The van der Waals surface area contributed by atoms with Crippen LogP contribution in [-0.4, -0.2) is 39.0 Å². The number of ether oxygens (including phenoxy) is 1. The van der Waals surface area contributed by atoms with Crippen LogP contribution in [0.3, 0.4) is 0 Å². The van der Waals surface area contributed by atoms with Crippen LogP contribution in [0.15, 0.2) is 84.9 Å². The Bertz CT molecular complexity index is 1250. The minimum atomic E-state index is -0.455. The Morgan fingerprint density at radius 3 is 2.33 bits per heavy atom. The molecule has 0 radical (unpaired) electrons. The maximum Gasteiger partial charge on any atom is 0.222 e. The van der Waals surface area contributed by atoms with Gasteiger partial charge in [-0.1, -0.05) is 72.3 Å². The molecule has 1 aliphatic carbocycles. The zero-order chi connectivity index (χ0) is 24.9. The van der Waals surface area contributed by atoms with Gasteiger partial charge in [0.1, 0.15) is 11.4 Å². The van der Waals surface area contributed by atoms with E-state index in [1.807, 2.05) is 72.4 Å². The van der Waals surface area contributed by atoms with E-state index in [0.717, 1.165) is 28.9 Å². The van der Waals surface area contributed by atoms with Crippen molar-refractivity contribution in [1.82, 2.24) is 14.7 Å². The van der Waals surface area contributed by atoms with Crippen molar-refractivity contribution in [3.63, 3.8) is 0 Å². The van der Waals surface area contributed by atoms with Gasteiger partial charge in [0.05, 0.1) is 11.7 Å². The highest BCUT2D eigenvalue weighted by Gasteiger charge is 2.28. The molecule has 5 rings (SSSR count). The van der Waals surface area contributed by atoms with E-state index >= 15 is 0 Å². The van der Waals surface area contributed by atoms with Crippen LogP contribution in [0.25, 0.3) is 11.3 Å². The first-order chi connectivity index (χ1) is 17.5. The summed E-state index contributed by atoms with van der Waals surface area (Å²) in [6.07, 6.45) is 2.67. The van der Waals surface area contributed by atoms with Gasteiger partial charge in [-0.2, -0.15) is 5.10 Å². The first-order valence-electron chi connectivity index (χ1n) is 12.5. The monoisotopic (exact) mass is 501 g/mol. The molecule has 6 heteroatoms. The lowest BCUT2D eigenvalue weighted by Crippen LogP contribution is -2.35. The second-order valence-electron chi connectivity index (χ2n) is 9.66. The van der Waals surface area contributed by atoms with Gasteiger partial charge in [-0.3, -0.25) is 4.90 Å². The molecule has 1 heterocycles. The molecule has 186 valence electrons. The minimum Gasteiger partial charge on any atom is -0.439 e. The van der Waals surface area contributed by atoms with E-state index in [-0.39, 0.29) is 0 Å². The van der Waals surface area contributed by atoms with Crippen LogP contribution in [0.5, 0.6) is 11.6 Å². The van der Waals surface area contributed by atoms with Gasteiger partial charge in [0.15, 0.2) is 0 Å². The second-order valence-corrected chi connectivity index (χ2v) is 10.1. The normalized spacial score (nSPS) is 14.2. The summed E-state index contributed by atoms with van der Waals surface area (Å²) in [5.74, 6) is 2.10. The van der Waals surface area contributed by atoms with Crippen molar-refractivity contribution in [2.75, 3.05) is 13.1 Å². The summed E-state index contributed by atoms with van der Waals surface area (Å²) in [7, 11) is 1.91. The fraction of sp³-hybridized carbons (Fsp3) is 0.300. The van der Waals surface area contributed by atoms with Crippen LogP contribution < -0.4 is 4.74 Å². The van der Waals surface area contributed by atoms with Crippen molar-refractivity contribution in [1.29, 1.82) is 0 Å². The van der Waals surface area contributed by atoms with Crippen molar-refractivity contribution < 1.29 is 9.84 Å². The number of aryl methyl sites for hydroxylation is 1. The highest BCUT2D eigenvalue weighted by Crippen LogP contribution is 2.36. The lowest BCUT2D eigenvalue weighted by atomic mass is 10.1. The second kappa shape index (κ2) is 11.3. The fourth-order valence-electron chi connectivity index (χ4n) is 4.61. The number of aliphatic hydroxyl groups is 1. The molecule has 1 aromatic heterocycles. The van der Waals surface area contributed by atoms with Crippen molar-refractivity contribution in [2.45, 2.75) is 31.9 Å². The van der Waals surface area contributed by atoms with Gasteiger partial charge in [-0.05, 0) is 55.0 Å². The Morgan fingerprint density at radius 1 is 1.00 bits per heavy atom. The molecular formula is C30H32ClN3O2. The van der Waals surface area contributed by atoms with Crippen molar-refractivity contribution >= 4 is 11.6 Å². The molecule has 1 N–H and O–H groups in total. The van der Waals surface area contributed by atoms with Gasteiger partial charge in [0.25, 0.3) is 0 Å². The molecule has 0 unspecified atom stereocenters. The first kappa shape index (κ1) is 24.6. The number of benzene rings is 3. The lowest BCUT2D eigenvalue weighted by molar-refractivity contribution is 0.105. The maximum atomic E-state index is 11.0. The zero-order valence-corrected chi connectivity index (χ0v) is 21.3. The van der Waals surface area contributed by atoms with Crippen LogP contribution in [0.4, 0.5) is 0 Å². The van der Waals surface area contributed by atoms with E-state index in [1.54, 1.807) is 0 Å². The summed E-state index contributed by atoms with van der Waals surface area (Å²) < 4.78 is 8.18. The molecule has 3 aromatic carbocycles. The highest BCUT2D eigenvalue weighted by atomic mass is 35.5. The van der Waals surface area contributed by atoms with Gasteiger partial charge in [-0.25, -0.2) is 4.68 Å². The van der Waals surface area contributed by atoms with Crippen LogP contribution in [0.1, 0.15) is 24.0 Å². The summed E-state index contributed by atoms with van der Waals surface area (Å²) in [6.45, 7) is 2.19. The molecule has 1 saturated carbocycles. The summed E-state index contributed by atoms with van der Waals surface area (Å²) in [6, 6.07) is 27.8. The van der Waals surface area contributed by atoms with E-state index in [2.05, 4.69) is 29.2 Å². The van der Waals surface area contributed by atoms with Gasteiger partial charge in [0, 0.05) is 37.3 Å². The number of rotatable bonds is 11. The van der Waals surface area contributed by atoms with Crippen molar-refractivity contribution in [3.8, 4) is 22.9 Å². The van der Waals surface area contributed by atoms with Crippen LogP contribution in [-0.2, 0) is 20.0 Å². The van der Waals surface area contributed by atoms with E-state index in [1.165, 1.54) is 12.8 Å². The Kier molecular flexibility index (Phi) is 7.71. The Balaban J connectivity index is 1.44. The molecule has 36 heavy (non-hydrogen) atoms. The maximum absolute atomic E-state index is 11.0. The smallest absolute Gasteiger partial charge is 0.222 e. The molecule has 0 aliphatic heterocycles. The third-order valence-corrected chi connectivity index (χ3v) is 6.79. The number of hydrogen-bond donors (Lipinski definition) is 1. The summed E-state index contributed by atoms with van der Waals surface area (Å²) in [5.41, 5.74) is 4.12. The highest BCUT2D eigenvalue weighted by molar-refractivity contribution is 6.30. The van der Waals surface area contributed by atoms with Crippen LogP contribution in [0, 0.1) is 5.92 Å².